The summed E-state index contributed by atoms with van der Waals surface area (Å²) >= 11 is 0. The van der Waals surface area contributed by atoms with Gasteiger partial charge in [0.1, 0.15) is 5.75 Å². The molecular formula is C22H25F2N3O5S. The van der Waals surface area contributed by atoms with Crippen molar-refractivity contribution in [3.63, 3.8) is 0 Å². The first-order valence-electron chi connectivity index (χ1n) is 10.7. The molecule has 0 atom stereocenters. The Hall–Kier alpha value is -2.76. The van der Waals surface area contributed by atoms with E-state index in [0.29, 0.717) is 18.9 Å². The molecule has 2 fully saturated rings. The highest BCUT2D eigenvalue weighted by Gasteiger charge is 2.28. The number of carbonyl (C=O) groups is 1. The Morgan fingerprint density at radius 2 is 1.67 bits per heavy atom. The van der Waals surface area contributed by atoms with Gasteiger partial charge in [-0.3, -0.25) is 4.79 Å². The number of nitrogens with one attached hydrogen (secondary N) is 1. The number of hydrogen-bond acceptors (Lipinski definition) is 6. The summed E-state index contributed by atoms with van der Waals surface area (Å²) in [6, 6.07) is 10.1. The van der Waals surface area contributed by atoms with Crippen LogP contribution in [0.3, 0.4) is 0 Å². The molecule has 2 saturated heterocycles. The molecule has 0 unspecified atom stereocenters. The summed E-state index contributed by atoms with van der Waals surface area (Å²) in [5.41, 5.74) is 1.34. The van der Waals surface area contributed by atoms with Crippen molar-refractivity contribution >= 4 is 27.3 Å². The van der Waals surface area contributed by atoms with Crippen molar-refractivity contribution in [1.29, 1.82) is 0 Å². The molecule has 0 aromatic heterocycles. The van der Waals surface area contributed by atoms with Crippen molar-refractivity contribution in [2.24, 2.45) is 0 Å². The first-order chi connectivity index (χ1) is 15.8. The van der Waals surface area contributed by atoms with Crippen LogP contribution >= 0.6 is 0 Å². The highest BCUT2D eigenvalue weighted by molar-refractivity contribution is 7.89. The molecule has 0 saturated carbocycles. The molecule has 2 aromatic carbocycles. The molecule has 1 amide bonds. The van der Waals surface area contributed by atoms with Gasteiger partial charge in [-0.05, 0) is 55.3 Å². The Kier molecular flexibility index (Phi) is 7.11. The fourth-order valence-electron chi connectivity index (χ4n) is 3.93. The average Bonchev–Trinajstić information content (AvgIpc) is 3.34. The highest BCUT2D eigenvalue weighted by atomic mass is 32.2. The van der Waals surface area contributed by atoms with E-state index in [4.69, 9.17) is 4.74 Å². The lowest BCUT2D eigenvalue weighted by molar-refractivity contribution is -0.0498. The van der Waals surface area contributed by atoms with Gasteiger partial charge >= 0.3 is 6.61 Å². The Morgan fingerprint density at radius 3 is 2.30 bits per heavy atom. The lowest BCUT2D eigenvalue weighted by Gasteiger charge is -2.27. The molecule has 1 N–H and O–H groups in total. The van der Waals surface area contributed by atoms with E-state index in [1.807, 2.05) is 0 Å². The number of rotatable bonds is 7. The van der Waals surface area contributed by atoms with Gasteiger partial charge in [-0.25, -0.2) is 8.42 Å². The zero-order valence-electron chi connectivity index (χ0n) is 17.9. The normalized spacial score (nSPS) is 17.4. The number of morpholine rings is 1. The molecule has 0 radical (unpaired) electrons. The Morgan fingerprint density at radius 1 is 1.00 bits per heavy atom. The molecule has 4 rings (SSSR count). The molecule has 2 heterocycles. The van der Waals surface area contributed by atoms with E-state index in [1.54, 1.807) is 12.1 Å². The SMILES string of the molecule is O=C(Nc1cc(S(=O)(=O)N2CCOCC2)ccc1N1CCCC1)c1ccc(OC(F)F)cc1. The molecular weight excluding hydrogens is 456 g/mol. The van der Waals surface area contributed by atoms with Gasteiger partial charge < -0.3 is 19.7 Å². The number of hydrogen-bond donors (Lipinski definition) is 1. The Bertz CT molecular complexity index is 1080. The first-order valence-corrected chi connectivity index (χ1v) is 12.1. The van der Waals surface area contributed by atoms with Crippen molar-refractivity contribution in [3.8, 4) is 5.75 Å². The van der Waals surface area contributed by atoms with Crippen LogP contribution in [0.4, 0.5) is 20.2 Å². The maximum Gasteiger partial charge on any atom is 0.387 e. The zero-order chi connectivity index (χ0) is 23.4. The zero-order valence-corrected chi connectivity index (χ0v) is 18.7. The minimum Gasteiger partial charge on any atom is -0.435 e. The van der Waals surface area contributed by atoms with Crippen LogP contribution in [0.2, 0.25) is 0 Å². The van der Waals surface area contributed by atoms with E-state index >= 15 is 0 Å². The number of alkyl halides is 2. The van der Waals surface area contributed by atoms with Crippen molar-refractivity contribution in [3.05, 3.63) is 48.0 Å². The smallest absolute Gasteiger partial charge is 0.387 e. The van der Waals surface area contributed by atoms with Crippen molar-refractivity contribution in [2.75, 3.05) is 49.6 Å². The lowest BCUT2D eigenvalue weighted by Crippen LogP contribution is -2.40. The monoisotopic (exact) mass is 481 g/mol. The minimum atomic E-state index is -3.75. The maximum atomic E-state index is 13.1. The number of ether oxygens (including phenoxy) is 2. The van der Waals surface area contributed by atoms with E-state index < -0.39 is 22.5 Å². The summed E-state index contributed by atoms with van der Waals surface area (Å²) in [6.07, 6.45) is 2.01. The van der Waals surface area contributed by atoms with Crippen LogP contribution in [0.15, 0.2) is 47.4 Å². The fraction of sp³-hybridized carbons (Fsp3) is 0.409. The van der Waals surface area contributed by atoms with Crippen molar-refractivity contribution in [1.82, 2.24) is 4.31 Å². The highest BCUT2D eigenvalue weighted by Crippen LogP contribution is 2.33. The molecule has 0 aliphatic carbocycles. The first kappa shape index (κ1) is 23.4. The van der Waals surface area contributed by atoms with Gasteiger partial charge in [-0.1, -0.05) is 0 Å². The standard InChI is InChI=1S/C22H25F2N3O5S/c23-22(24)32-17-5-3-16(4-6-17)21(28)25-19-15-18(7-8-20(19)26-9-1-2-10-26)33(29,30)27-11-13-31-14-12-27/h3-8,15,22H,1-2,9-14H2,(H,25,28). The summed E-state index contributed by atoms with van der Waals surface area (Å²) in [5, 5.41) is 2.80. The number of amides is 1. The van der Waals surface area contributed by atoms with Crippen molar-refractivity contribution < 1.29 is 31.5 Å². The molecule has 2 aromatic rings. The van der Waals surface area contributed by atoms with Crippen LogP contribution in [0.5, 0.6) is 5.75 Å². The van der Waals surface area contributed by atoms with E-state index in [0.717, 1.165) is 31.6 Å². The summed E-state index contributed by atoms with van der Waals surface area (Å²) in [4.78, 5) is 15.1. The third-order valence-corrected chi connectivity index (χ3v) is 7.51. The van der Waals surface area contributed by atoms with Gasteiger partial charge in [0, 0.05) is 31.7 Å². The molecule has 11 heteroatoms. The molecule has 178 valence electrons. The summed E-state index contributed by atoms with van der Waals surface area (Å²) < 4.78 is 61.9. The third-order valence-electron chi connectivity index (χ3n) is 5.61. The number of sulfonamides is 1. The second kappa shape index (κ2) is 10.0. The lowest BCUT2D eigenvalue weighted by atomic mass is 10.2. The second-order valence-electron chi connectivity index (χ2n) is 7.75. The van der Waals surface area contributed by atoms with E-state index in [-0.39, 0.29) is 29.3 Å². The molecule has 2 aliphatic heterocycles. The quantitative estimate of drug-likeness (QED) is 0.654. The van der Waals surface area contributed by atoms with Gasteiger partial charge in [0.15, 0.2) is 0 Å². The number of nitrogens with zero attached hydrogens (tertiary/aromatic N) is 2. The fourth-order valence-corrected chi connectivity index (χ4v) is 5.36. The van der Waals surface area contributed by atoms with Gasteiger partial charge in [0.25, 0.3) is 5.91 Å². The van der Waals surface area contributed by atoms with Crippen LogP contribution in [-0.4, -0.2) is 64.6 Å². The maximum absolute atomic E-state index is 13.1. The molecule has 0 spiro atoms. The third kappa shape index (κ3) is 5.43. The summed E-state index contributed by atoms with van der Waals surface area (Å²) in [6.45, 7) is -0.143. The van der Waals surface area contributed by atoms with Crippen LogP contribution < -0.4 is 15.0 Å². The summed E-state index contributed by atoms with van der Waals surface area (Å²) in [7, 11) is -3.75. The Balaban J connectivity index is 1.61. The topological polar surface area (TPSA) is 88.2 Å². The van der Waals surface area contributed by atoms with Gasteiger partial charge in [0.05, 0.1) is 29.5 Å². The number of anilines is 2. The average molecular weight is 482 g/mol. The van der Waals surface area contributed by atoms with Crippen LogP contribution in [0, 0.1) is 0 Å². The second-order valence-corrected chi connectivity index (χ2v) is 9.68. The molecule has 0 bridgehead atoms. The Labute approximate surface area is 191 Å². The number of carbonyl (C=O) groups excluding carboxylic acids is 1. The molecule has 2 aliphatic rings. The van der Waals surface area contributed by atoms with Gasteiger partial charge in [0.2, 0.25) is 10.0 Å². The largest absolute Gasteiger partial charge is 0.435 e. The van der Waals surface area contributed by atoms with Gasteiger partial charge in [-0.2, -0.15) is 13.1 Å². The van der Waals surface area contributed by atoms with Crippen LogP contribution in [0.25, 0.3) is 0 Å². The van der Waals surface area contributed by atoms with Crippen molar-refractivity contribution in [2.45, 2.75) is 24.3 Å². The predicted octanol–water partition coefficient (Wildman–Crippen LogP) is 3.16. The van der Waals surface area contributed by atoms with E-state index in [2.05, 4.69) is 15.0 Å². The van der Waals surface area contributed by atoms with Crippen LogP contribution in [0.1, 0.15) is 23.2 Å². The number of halogens is 2. The van der Waals surface area contributed by atoms with E-state index in [1.165, 1.54) is 34.6 Å². The molecule has 33 heavy (non-hydrogen) atoms. The number of benzene rings is 2. The predicted molar refractivity (Wildman–Crippen MR) is 118 cm³/mol. The van der Waals surface area contributed by atoms with E-state index in [9.17, 15) is 22.0 Å². The summed E-state index contributed by atoms with van der Waals surface area (Å²) in [5.74, 6) is -0.544. The van der Waals surface area contributed by atoms with Gasteiger partial charge in [-0.15, -0.1) is 0 Å². The minimum absolute atomic E-state index is 0.0575. The molecule has 8 nitrogen and oxygen atoms in total. The van der Waals surface area contributed by atoms with Crippen LogP contribution in [-0.2, 0) is 14.8 Å².